The number of allylic oxidation sites excluding steroid dienone is 1. The minimum absolute atomic E-state index is 0.123. The van der Waals surface area contributed by atoms with Gasteiger partial charge in [0.25, 0.3) is 5.56 Å². The van der Waals surface area contributed by atoms with E-state index in [1.807, 2.05) is 53.9 Å². The number of thioether (sulfide) groups is 1. The van der Waals surface area contributed by atoms with Crippen LogP contribution in [0.1, 0.15) is 0 Å². The van der Waals surface area contributed by atoms with Crippen LogP contribution in [-0.2, 0) is 11.3 Å². The fourth-order valence-electron chi connectivity index (χ4n) is 3.47. The molecule has 2 aromatic heterocycles. The molecule has 0 radical (unpaired) electrons. The van der Waals surface area contributed by atoms with Crippen molar-refractivity contribution in [3.63, 3.8) is 0 Å². The van der Waals surface area contributed by atoms with Crippen LogP contribution >= 0.6 is 23.1 Å². The van der Waals surface area contributed by atoms with Gasteiger partial charge in [-0.2, -0.15) is 0 Å². The summed E-state index contributed by atoms with van der Waals surface area (Å²) in [5.74, 6) is 1.14. The van der Waals surface area contributed by atoms with Crippen molar-refractivity contribution >= 4 is 44.9 Å². The Kier molecular flexibility index (Phi) is 7.34. The first kappa shape index (κ1) is 23.6. The van der Waals surface area contributed by atoms with E-state index < -0.39 is 0 Å². The Morgan fingerprint density at radius 1 is 1.18 bits per heavy atom. The van der Waals surface area contributed by atoms with Gasteiger partial charge in [0.05, 0.1) is 25.4 Å². The number of thiophene rings is 1. The van der Waals surface area contributed by atoms with Gasteiger partial charge in [-0.15, -0.1) is 17.9 Å². The van der Waals surface area contributed by atoms with E-state index >= 15 is 0 Å². The molecule has 0 aliphatic rings. The molecule has 0 aliphatic heterocycles. The summed E-state index contributed by atoms with van der Waals surface area (Å²) in [6.07, 6.45) is 1.64. The third-order valence-corrected chi connectivity index (χ3v) is 6.90. The maximum atomic E-state index is 13.5. The molecule has 174 valence electrons. The van der Waals surface area contributed by atoms with Crippen molar-refractivity contribution in [3.8, 4) is 22.6 Å². The Bertz CT molecular complexity index is 1400. The molecule has 2 heterocycles. The largest absolute Gasteiger partial charge is 0.493 e. The lowest BCUT2D eigenvalue weighted by atomic mass is 10.1. The number of fused-ring (bicyclic) bond motifs is 1. The zero-order valence-corrected chi connectivity index (χ0v) is 20.4. The van der Waals surface area contributed by atoms with Crippen LogP contribution < -0.4 is 20.3 Å². The molecule has 0 atom stereocenters. The number of hydrogen-bond donors (Lipinski definition) is 1. The highest BCUT2D eigenvalue weighted by molar-refractivity contribution is 7.99. The summed E-state index contributed by atoms with van der Waals surface area (Å²) in [6.45, 7) is 4.06. The summed E-state index contributed by atoms with van der Waals surface area (Å²) in [5, 5.41) is 5.76. The van der Waals surface area contributed by atoms with Crippen molar-refractivity contribution in [1.82, 2.24) is 9.55 Å². The zero-order chi connectivity index (χ0) is 24.1. The van der Waals surface area contributed by atoms with Crippen LogP contribution in [0.4, 0.5) is 5.69 Å². The number of aromatic nitrogens is 2. The number of benzene rings is 2. The number of methoxy groups -OCH3 is 2. The number of carbonyl (C=O) groups excluding carboxylic acids is 1. The topological polar surface area (TPSA) is 82.5 Å². The van der Waals surface area contributed by atoms with Crippen LogP contribution in [0.2, 0.25) is 0 Å². The van der Waals surface area contributed by atoms with Gasteiger partial charge < -0.3 is 14.8 Å². The molecule has 0 bridgehead atoms. The van der Waals surface area contributed by atoms with Crippen LogP contribution in [0, 0.1) is 0 Å². The van der Waals surface area contributed by atoms with Gasteiger partial charge >= 0.3 is 0 Å². The number of anilines is 1. The van der Waals surface area contributed by atoms with Gasteiger partial charge in [0.1, 0.15) is 4.83 Å². The van der Waals surface area contributed by atoms with E-state index in [9.17, 15) is 9.59 Å². The van der Waals surface area contributed by atoms with Gasteiger partial charge in [0, 0.05) is 23.2 Å². The maximum absolute atomic E-state index is 13.5. The van der Waals surface area contributed by atoms with Crippen molar-refractivity contribution in [2.24, 2.45) is 0 Å². The summed E-state index contributed by atoms with van der Waals surface area (Å²) >= 11 is 2.61. The van der Waals surface area contributed by atoms with E-state index in [2.05, 4.69) is 11.9 Å². The van der Waals surface area contributed by atoms with Crippen molar-refractivity contribution in [1.29, 1.82) is 0 Å². The number of rotatable bonds is 9. The predicted molar refractivity (Wildman–Crippen MR) is 138 cm³/mol. The lowest BCUT2D eigenvalue weighted by molar-refractivity contribution is -0.113. The lowest BCUT2D eigenvalue weighted by Crippen LogP contribution is -2.23. The van der Waals surface area contributed by atoms with E-state index in [4.69, 9.17) is 14.5 Å². The quantitative estimate of drug-likeness (QED) is 0.199. The number of para-hydroxylation sites is 1. The molecule has 0 unspecified atom stereocenters. The number of amides is 1. The molecule has 0 spiro atoms. The highest BCUT2D eigenvalue weighted by Gasteiger charge is 2.19. The van der Waals surface area contributed by atoms with Gasteiger partial charge in [-0.3, -0.25) is 14.2 Å². The van der Waals surface area contributed by atoms with Crippen molar-refractivity contribution < 1.29 is 14.3 Å². The molecule has 0 saturated carbocycles. The van der Waals surface area contributed by atoms with E-state index in [1.54, 1.807) is 24.9 Å². The maximum Gasteiger partial charge on any atom is 0.263 e. The average molecular weight is 494 g/mol. The van der Waals surface area contributed by atoms with E-state index in [1.165, 1.54) is 23.1 Å². The first-order valence-corrected chi connectivity index (χ1v) is 12.2. The molecule has 1 amide bonds. The van der Waals surface area contributed by atoms with Crippen LogP contribution in [0.25, 0.3) is 21.3 Å². The number of nitrogens with zero attached hydrogens (tertiary/aromatic N) is 2. The smallest absolute Gasteiger partial charge is 0.263 e. The van der Waals surface area contributed by atoms with Crippen LogP contribution in [0.5, 0.6) is 11.5 Å². The Morgan fingerprint density at radius 3 is 2.65 bits per heavy atom. The molecule has 0 aliphatic carbocycles. The highest BCUT2D eigenvalue weighted by atomic mass is 32.2. The molecule has 7 nitrogen and oxygen atoms in total. The van der Waals surface area contributed by atoms with Crippen molar-refractivity contribution in [3.05, 3.63) is 76.9 Å². The van der Waals surface area contributed by atoms with Gasteiger partial charge in [-0.05, 0) is 29.8 Å². The molecule has 34 heavy (non-hydrogen) atoms. The SMILES string of the molecule is C=CCn1c(SCC(=O)Nc2ccccc2)nc2scc(-c3ccc(OC)c(OC)c3)c2c1=O. The zero-order valence-electron chi connectivity index (χ0n) is 18.7. The molecule has 0 saturated heterocycles. The lowest BCUT2D eigenvalue weighted by Gasteiger charge is -2.12. The first-order chi connectivity index (χ1) is 16.5. The van der Waals surface area contributed by atoms with Crippen LogP contribution in [0.15, 0.2) is 76.5 Å². The van der Waals surface area contributed by atoms with E-state index in [0.717, 1.165) is 16.8 Å². The Morgan fingerprint density at radius 2 is 1.94 bits per heavy atom. The molecule has 4 rings (SSSR count). The van der Waals surface area contributed by atoms with Crippen molar-refractivity contribution in [2.75, 3.05) is 25.3 Å². The Balaban J connectivity index is 1.68. The second-order valence-electron chi connectivity index (χ2n) is 7.20. The second-order valence-corrected chi connectivity index (χ2v) is 9.00. The molecular formula is C25H23N3O4S2. The minimum Gasteiger partial charge on any atom is -0.493 e. The molecule has 9 heteroatoms. The second kappa shape index (κ2) is 10.6. The average Bonchev–Trinajstić information content (AvgIpc) is 3.29. The Labute approximate surface area is 205 Å². The summed E-state index contributed by atoms with van der Waals surface area (Å²) in [6, 6.07) is 14.8. The monoisotopic (exact) mass is 493 g/mol. The highest BCUT2D eigenvalue weighted by Crippen LogP contribution is 2.37. The van der Waals surface area contributed by atoms with Gasteiger partial charge in [-0.25, -0.2) is 4.98 Å². The first-order valence-electron chi connectivity index (χ1n) is 10.4. The van der Waals surface area contributed by atoms with Crippen LogP contribution in [-0.4, -0.2) is 35.4 Å². The number of carbonyl (C=O) groups is 1. The number of hydrogen-bond acceptors (Lipinski definition) is 7. The standard InChI is InChI=1S/C25H23N3O4S2/c1-4-12-28-24(30)22-18(16-10-11-19(31-2)20(13-16)32-3)14-33-23(22)27-25(28)34-15-21(29)26-17-8-6-5-7-9-17/h4-11,13-14H,1,12,15H2,2-3H3,(H,26,29). The molecule has 0 fully saturated rings. The number of nitrogens with one attached hydrogen (secondary N) is 1. The van der Waals surface area contributed by atoms with E-state index in [-0.39, 0.29) is 23.8 Å². The van der Waals surface area contributed by atoms with E-state index in [0.29, 0.717) is 26.9 Å². The van der Waals surface area contributed by atoms with Gasteiger partial charge in [-0.1, -0.05) is 42.1 Å². The fourth-order valence-corrected chi connectivity index (χ4v) is 5.27. The molecule has 1 N–H and O–H groups in total. The summed E-state index contributed by atoms with van der Waals surface area (Å²) in [5.41, 5.74) is 2.14. The number of ether oxygens (including phenoxy) is 2. The Hall–Kier alpha value is -3.56. The summed E-state index contributed by atoms with van der Waals surface area (Å²) in [4.78, 5) is 31.3. The third kappa shape index (κ3) is 4.85. The van der Waals surface area contributed by atoms with Gasteiger partial charge in [0.15, 0.2) is 16.7 Å². The normalized spacial score (nSPS) is 10.8. The van der Waals surface area contributed by atoms with Crippen LogP contribution in [0.3, 0.4) is 0 Å². The predicted octanol–water partition coefficient (Wildman–Crippen LogP) is 5.06. The fraction of sp³-hybridized carbons (Fsp3) is 0.160. The summed E-state index contributed by atoms with van der Waals surface area (Å²) < 4.78 is 12.3. The van der Waals surface area contributed by atoms with Crippen molar-refractivity contribution in [2.45, 2.75) is 11.7 Å². The van der Waals surface area contributed by atoms with Gasteiger partial charge in [0.2, 0.25) is 5.91 Å². The third-order valence-electron chi connectivity index (χ3n) is 5.05. The molecule has 4 aromatic rings. The molecular weight excluding hydrogens is 470 g/mol. The minimum atomic E-state index is -0.179. The summed E-state index contributed by atoms with van der Waals surface area (Å²) in [7, 11) is 3.15. The molecule has 2 aromatic carbocycles.